The second-order valence-corrected chi connectivity index (χ2v) is 4.13. The molecule has 0 spiro atoms. The summed E-state index contributed by atoms with van der Waals surface area (Å²) in [5, 5.41) is 9.28. The number of aliphatic hydroxyl groups is 1. The van der Waals surface area contributed by atoms with E-state index in [0.29, 0.717) is 18.5 Å². The van der Waals surface area contributed by atoms with Gasteiger partial charge in [0.2, 0.25) is 0 Å². The van der Waals surface area contributed by atoms with Crippen molar-refractivity contribution in [1.29, 1.82) is 0 Å². The molecule has 0 aromatic carbocycles. The number of aliphatic hydroxyl groups excluding tert-OH is 1. The molecule has 0 saturated heterocycles. The Morgan fingerprint density at radius 3 is 1.93 bits per heavy atom. The van der Waals surface area contributed by atoms with Gasteiger partial charge < -0.3 is 15.7 Å². The number of hydrogen-bond acceptors (Lipinski definition) is 3. The fraction of sp³-hybridized carbons (Fsp3) is 1.00. The van der Waals surface area contributed by atoms with Crippen molar-refractivity contribution in [2.75, 3.05) is 26.2 Å². The third-order valence-electron chi connectivity index (χ3n) is 2.94. The first-order valence-electron chi connectivity index (χ1n) is 5.67. The number of nitrogens with zero attached hydrogens (tertiary/aromatic N) is 1. The highest BCUT2D eigenvalue weighted by Gasteiger charge is 2.26. The standard InChI is InChI=1S/C11H26N2O/c1-5-13(6-2)11(9(3)4)10(7-12)8-14/h9-11,14H,5-8,12H2,1-4H3/t10-,11+/m0/s1. The van der Waals surface area contributed by atoms with Gasteiger partial charge in [0, 0.05) is 18.6 Å². The van der Waals surface area contributed by atoms with E-state index in [0.717, 1.165) is 13.1 Å². The van der Waals surface area contributed by atoms with Crippen LogP contribution in [0.4, 0.5) is 0 Å². The molecular weight excluding hydrogens is 176 g/mol. The highest BCUT2D eigenvalue weighted by atomic mass is 16.3. The molecular formula is C11H26N2O. The van der Waals surface area contributed by atoms with E-state index in [9.17, 15) is 5.11 Å². The van der Waals surface area contributed by atoms with Crippen LogP contribution in [0.15, 0.2) is 0 Å². The summed E-state index contributed by atoms with van der Waals surface area (Å²) in [6.07, 6.45) is 0. The minimum Gasteiger partial charge on any atom is -0.396 e. The molecule has 0 aliphatic rings. The topological polar surface area (TPSA) is 49.5 Å². The average molecular weight is 202 g/mol. The Kier molecular flexibility index (Phi) is 7.15. The van der Waals surface area contributed by atoms with Gasteiger partial charge in [0.05, 0.1) is 0 Å². The normalized spacial score (nSPS) is 16.3. The number of rotatable bonds is 7. The predicted octanol–water partition coefficient (Wildman–Crippen LogP) is 0.920. The molecule has 0 saturated carbocycles. The fourth-order valence-corrected chi connectivity index (χ4v) is 2.23. The molecule has 0 aromatic heterocycles. The molecule has 0 rings (SSSR count). The lowest BCUT2D eigenvalue weighted by molar-refractivity contribution is 0.0779. The van der Waals surface area contributed by atoms with E-state index in [1.165, 1.54) is 0 Å². The van der Waals surface area contributed by atoms with Crippen LogP contribution >= 0.6 is 0 Å². The molecule has 3 heteroatoms. The summed E-state index contributed by atoms with van der Waals surface area (Å²) >= 11 is 0. The molecule has 86 valence electrons. The van der Waals surface area contributed by atoms with Crippen molar-refractivity contribution in [3.05, 3.63) is 0 Å². The second kappa shape index (κ2) is 7.21. The molecule has 2 atom stereocenters. The molecule has 3 N–H and O–H groups in total. The van der Waals surface area contributed by atoms with Crippen LogP contribution < -0.4 is 5.73 Å². The van der Waals surface area contributed by atoms with E-state index in [1.807, 2.05) is 0 Å². The van der Waals surface area contributed by atoms with Crippen molar-refractivity contribution in [1.82, 2.24) is 4.90 Å². The summed E-state index contributed by atoms with van der Waals surface area (Å²) in [6, 6.07) is 0.403. The lowest BCUT2D eigenvalue weighted by Crippen LogP contribution is -2.47. The van der Waals surface area contributed by atoms with Gasteiger partial charge in [-0.2, -0.15) is 0 Å². The van der Waals surface area contributed by atoms with Gasteiger partial charge in [-0.3, -0.25) is 0 Å². The number of nitrogens with two attached hydrogens (primary N) is 1. The Morgan fingerprint density at radius 1 is 1.21 bits per heavy atom. The van der Waals surface area contributed by atoms with Crippen molar-refractivity contribution in [3.8, 4) is 0 Å². The molecule has 0 heterocycles. The van der Waals surface area contributed by atoms with Gasteiger partial charge in [0.1, 0.15) is 0 Å². The molecule has 0 aliphatic carbocycles. The maximum absolute atomic E-state index is 9.28. The van der Waals surface area contributed by atoms with Crippen LogP contribution in [0.1, 0.15) is 27.7 Å². The minimum atomic E-state index is 0.190. The van der Waals surface area contributed by atoms with Crippen LogP contribution in [0.3, 0.4) is 0 Å². The summed E-state index contributed by atoms with van der Waals surface area (Å²) in [5.74, 6) is 0.741. The molecule has 0 unspecified atom stereocenters. The van der Waals surface area contributed by atoms with Crippen molar-refractivity contribution in [2.45, 2.75) is 33.7 Å². The highest BCUT2D eigenvalue weighted by Crippen LogP contribution is 2.18. The van der Waals surface area contributed by atoms with Gasteiger partial charge in [-0.15, -0.1) is 0 Å². The molecule has 0 aromatic rings. The van der Waals surface area contributed by atoms with Crippen LogP contribution in [0.25, 0.3) is 0 Å². The minimum absolute atomic E-state index is 0.190. The summed E-state index contributed by atoms with van der Waals surface area (Å²) in [4.78, 5) is 2.39. The third kappa shape index (κ3) is 3.56. The smallest absolute Gasteiger partial charge is 0.0486 e. The monoisotopic (exact) mass is 202 g/mol. The first kappa shape index (κ1) is 13.9. The largest absolute Gasteiger partial charge is 0.396 e. The van der Waals surface area contributed by atoms with Gasteiger partial charge in [-0.05, 0) is 25.6 Å². The molecule has 0 amide bonds. The van der Waals surface area contributed by atoms with E-state index in [4.69, 9.17) is 5.73 Å². The Balaban J connectivity index is 4.54. The molecule has 0 fully saturated rings. The van der Waals surface area contributed by atoms with E-state index in [2.05, 4.69) is 32.6 Å². The van der Waals surface area contributed by atoms with Crippen LogP contribution in [0, 0.1) is 11.8 Å². The number of hydrogen-bond donors (Lipinski definition) is 2. The third-order valence-corrected chi connectivity index (χ3v) is 2.94. The van der Waals surface area contributed by atoms with Gasteiger partial charge in [0.25, 0.3) is 0 Å². The zero-order valence-corrected chi connectivity index (χ0v) is 10.0. The zero-order chi connectivity index (χ0) is 11.1. The van der Waals surface area contributed by atoms with Crippen molar-refractivity contribution < 1.29 is 5.11 Å². The van der Waals surface area contributed by atoms with Crippen molar-refractivity contribution >= 4 is 0 Å². The molecule has 3 nitrogen and oxygen atoms in total. The lowest BCUT2D eigenvalue weighted by Gasteiger charge is -2.37. The van der Waals surface area contributed by atoms with E-state index in [-0.39, 0.29) is 12.5 Å². The van der Waals surface area contributed by atoms with E-state index in [1.54, 1.807) is 0 Å². The summed E-state index contributed by atoms with van der Waals surface area (Å²) in [5.41, 5.74) is 5.68. The quantitative estimate of drug-likeness (QED) is 0.645. The average Bonchev–Trinajstić information content (AvgIpc) is 2.18. The summed E-state index contributed by atoms with van der Waals surface area (Å²) in [7, 11) is 0. The van der Waals surface area contributed by atoms with Gasteiger partial charge >= 0.3 is 0 Å². The van der Waals surface area contributed by atoms with Crippen LogP contribution in [-0.2, 0) is 0 Å². The fourth-order valence-electron chi connectivity index (χ4n) is 2.23. The van der Waals surface area contributed by atoms with E-state index >= 15 is 0 Å². The van der Waals surface area contributed by atoms with Crippen LogP contribution in [-0.4, -0.2) is 42.3 Å². The Morgan fingerprint density at radius 2 is 1.71 bits per heavy atom. The zero-order valence-electron chi connectivity index (χ0n) is 10.0. The molecule has 0 radical (unpaired) electrons. The van der Waals surface area contributed by atoms with Crippen LogP contribution in [0.2, 0.25) is 0 Å². The van der Waals surface area contributed by atoms with E-state index < -0.39 is 0 Å². The first-order valence-corrected chi connectivity index (χ1v) is 5.67. The molecule has 0 bridgehead atoms. The first-order chi connectivity index (χ1) is 6.62. The van der Waals surface area contributed by atoms with Crippen molar-refractivity contribution in [2.24, 2.45) is 17.6 Å². The van der Waals surface area contributed by atoms with Gasteiger partial charge in [0.15, 0.2) is 0 Å². The van der Waals surface area contributed by atoms with Gasteiger partial charge in [-0.25, -0.2) is 0 Å². The maximum atomic E-state index is 9.28. The van der Waals surface area contributed by atoms with Gasteiger partial charge in [-0.1, -0.05) is 27.7 Å². The summed E-state index contributed by atoms with van der Waals surface area (Å²) < 4.78 is 0. The Bertz CT molecular complexity index is 119. The lowest BCUT2D eigenvalue weighted by atomic mass is 9.89. The Hall–Kier alpha value is -0.120. The molecule has 14 heavy (non-hydrogen) atoms. The SMILES string of the molecule is CCN(CC)[C@H](C(C)C)[C@@H](CN)CO. The molecule has 0 aliphatic heterocycles. The van der Waals surface area contributed by atoms with Crippen LogP contribution in [0.5, 0.6) is 0 Å². The van der Waals surface area contributed by atoms with Crippen molar-refractivity contribution in [3.63, 3.8) is 0 Å². The second-order valence-electron chi connectivity index (χ2n) is 4.13. The highest BCUT2D eigenvalue weighted by molar-refractivity contribution is 4.81. The Labute approximate surface area is 88.3 Å². The predicted molar refractivity (Wildman–Crippen MR) is 61.2 cm³/mol. The maximum Gasteiger partial charge on any atom is 0.0486 e. The summed E-state index contributed by atoms with van der Waals surface area (Å²) in [6.45, 7) is 11.5.